The predicted molar refractivity (Wildman–Crippen MR) is 74.6 cm³/mol. The summed E-state index contributed by atoms with van der Waals surface area (Å²) < 4.78 is 5.19. The molecule has 2 amide bonds. The fourth-order valence-corrected chi connectivity index (χ4v) is 1.63. The van der Waals surface area contributed by atoms with Gasteiger partial charge in [-0.15, -0.1) is 0 Å². The molecule has 5 nitrogen and oxygen atoms in total. The Kier molecular flexibility index (Phi) is 3.97. The van der Waals surface area contributed by atoms with Gasteiger partial charge in [-0.2, -0.15) is 0 Å². The van der Waals surface area contributed by atoms with Crippen molar-refractivity contribution >= 4 is 17.5 Å². The molecule has 1 aromatic carbocycles. The van der Waals surface area contributed by atoms with E-state index in [2.05, 4.69) is 15.6 Å². The molecule has 0 aliphatic heterocycles. The van der Waals surface area contributed by atoms with Gasteiger partial charge in [0.05, 0.1) is 12.8 Å². The molecule has 19 heavy (non-hydrogen) atoms. The molecule has 0 bridgehead atoms. The Labute approximate surface area is 111 Å². The number of urea groups is 1. The molecule has 0 aliphatic rings. The number of carbonyl (C=O) groups excluding carboxylic acids is 1. The quantitative estimate of drug-likeness (QED) is 0.888. The van der Waals surface area contributed by atoms with E-state index in [1.54, 1.807) is 31.5 Å². The van der Waals surface area contributed by atoms with E-state index in [4.69, 9.17) is 4.74 Å². The monoisotopic (exact) mass is 257 g/mol. The normalized spacial score (nSPS) is 9.79. The van der Waals surface area contributed by atoms with E-state index in [0.29, 0.717) is 17.3 Å². The first-order valence-electron chi connectivity index (χ1n) is 5.83. The molecule has 2 rings (SSSR count). The average molecular weight is 257 g/mol. The van der Waals surface area contributed by atoms with Crippen LogP contribution in [0.15, 0.2) is 42.6 Å². The van der Waals surface area contributed by atoms with Gasteiger partial charge in [-0.05, 0) is 36.8 Å². The fourth-order valence-electron chi connectivity index (χ4n) is 1.63. The van der Waals surface area contributed by atoms with Crippen LogP contribution < -0.4 is 15.4 Å². The second-order valence-electron chi connectivity index (χ2n) is 4.00. The second kappa shape index (κ2) is 5.86. The molecular weight excluding hydrogens is 242 g/mol. The van der Waals surface area contributed by atoms with E-state index in [1.807, 2.05) is 25.1 Å². The number of aryl methyl sites for hydroxylation is 1. The molecule has 0 fully saturated rings. The molecule has 2 N–H and O–H groups in total. The molecule has 0 atom stereocenters. The highest BCUT2D eigenvalue weighted by Crippen LogP contribution is 2.25. The topological polar surface area (TPSA) is 63.2 Å². The molecule has 1 heterocycles. The highest BCUT2D eigenvalue weighted by Gasteiger charge is 2.08. The SMILES string of the molecule is COc1ccc(C)cc1NC(=O)Nc1ccccn1. The minimum atomic E-state index is -0.359. The van der Waals surface area contributed by atoms with Crippen LogP contribution in [0.25, 0.3) is 0 Å². The van der Waals surface area contributed by atoms with Gasteiger partial charge in [0, 0.05) is 6.20 Å². The summed E-state index contributed by atoms with van der Waals surface area (Å²) >= 11 is 0. The van der Waals surface area contributed by atoms with E-state index in [9.17, 15) is 4.79 Å². The lowest BCUT2D eigenvalue weighted by Gasteiger charge is -2.11. The lowest BCUT2D eigenvalue weighted by molar-refractivity contribution is 0.262. The van der Waals surface area contributed by atoms with Crippen LogP contribution in [-0.4, -0.2) is 18.1 Å². The van der Waals surface area contributed by atoms with Crippen molar-refractivity contribution in [1.29, 1.82) is 0 Å². The largest absolute Gasteiger partial charge is 0.495 e. The van der Waals surface area contributed by atoms with Crippen molar-refractivity contribution in [3.63, 3.8) is 0 Å². The van der Waals surface area contributed by atoms with Crippen molar-refractivity contribution in [3.8, 4) is 5.75 Å². The molecular formula is C14H15N3O2. The lowest BCUT2D eigenvalue weighted by Crippen LogP contribution is -2.20. The maximum absolute atomic E-state index is 11.8. The van der Waals surface area contributed by atoms with Gasteiger partial charge in [-0.1, -0.05) is 12.1 Å². The van der Waals surface area contributed by atoms with E-state index in [0.717, 1.165) is 5.56 Å². The van der Waals surface area contributed by atoms with Crippen LogP contribution in [0, 0.1) is 6.92 Å². The third kappa shape index (κ3) is 3.45. The van der Waals surface area contributed by atoms with E-state index in [-0.39, 0.29) is 6.03 Å². The van der Waals surface area contributed by atoms with Gasteiger partial charge >= 0.3 is 6.03 Å². The number of rotatable bonds is 3. The van der Waals surface area contributed by atoms with Crippen LogP contribution in [0.2, 0.25) is 0 Å². The summed E-state index contributed by atoms with van der Waals surface area (Å²) in [7, 11) is 1.56. The summed E-state index contributed by atoms with van der Waals surface area (Å²) in [5.41, 5.74) is 1.66. The Balaban J connectivity index is 2.09. The van der Waals surface area contributed by atoms with Crippen LogP contribution in [0.5, 0.6) is 5.75 Å². The van der Waals surface area contributed by atoms with Gasteiger partial charge in [0.1, 0.15) is 11.6 Å². The number of ether oxygens (including phenoxy) is 1. The second-order valence-corrected chi connectivity index (χ2v) is 4.00. The first-order chi connectivity index (χ1) is 9.19. The summed E-state index contributed by atoms with van der Waals surface area (Å²) in [6.45, 7) is 1.95. The molecule has 0 aliphatic carbocycles. The zero-order valence-corrected chi connectivity index (χ0v) is 10.8. The number of pyridine rings is 1. The van der Waals surface area contributed by atoms with Gasteiger partial charge in [0.2, 0.25) is 0 Å². The van der Waals surface area contributed by atoms with Gasteiger partial charge < -0.3 is 10.1 Å². The van der Waals surface area contributed by atoms with E-state index in [1.165, 1.54) is 0 Å². The van der Waals surface area contributed by atoms with Gasteiger partial charge in [-0.3, -0.25) is 5.32 Å². The Morgan fingerprint density at radius 2 is 2.05 bits per heavy atom. The van der Waals surface area contributed by atoms with E-state index < -0.39 is 0 Å². The Morgan fingerprint density at radius 3 is 2.74 bits per heavy atom. The van der Waals surface area contributed by atoms with Crippen molar-refractivity contribution in [2.75, 3.05) is 17.7 Å². The maximum atomic E-state index is 11.8. The third-order valence-electron chi connectivity index (χ3n) is 2.51. The van der Waals surface area contributed by atoms with Crippen molar-refractivity contribution < 1.29 is 9.53 Å². The zero-order valence-electron chi connectivity index (χ0n) is 10.8. The molecule has 2 aromatic rings. The summed E-state index contributed by atoms with van der Waals surface area (Å²) in [5.74, 6) is 1.10. The number of nitrogens with zero attached hydrogens (tertiary/aromatic N) is 1. The van der Waals surface area contributed by atoms with Crippen molar-refractivity contribution in [1.82, 2.24) is 4.98 Å². The first kappa shape index (κ1) is 12.9. The van der Waals surface area contributed by atoms with Crippen molar-refractivity contribution in [2.45, 2.75) is 6.92 Å². The molecule has 1 aromatic heterocycles. The number of carbonyl (C=O) groups is 1. The number of methoxy groups -OCH3 is 1. The van der Waals surface area contributed by atoms with Crippen LogP contribution in [0.1, 0.15) is 5.56 Å². The van der Waals surface area contributed by atoms with Crippen LogP contribution >= 0.6 is 0 Å². The van der Waals surface area contributed by atoms with Crippen molar-refractivity contribution in [2.24, 2.45) is 0 Å². The first-order valence-corrected chi connectivity index (χ1v) is 5.83. The summed E-state index contributed by atoms with van der Waals surface area (Å²) in [6, 6.07) is 10.5. The molecule has 5 heteroatoms. The van der Waals surface area contributed by atoms with E-state index >= 15 is 0 Å². The number of amides is 2. The Bertz CT molecular complexity index is 570. The van der Waals surface area contributed by atoms with Crippen LogP contribution in [0.4, 0.5) is 16.3 Å². The highest BCUT2D eigenvalue weighted by molar-refractivity contribution is 6.00. The van der Waals surface area contributed by atoms with Crippen LogP contribution in [-0.2, 0) is 0 Å². The minimum absolute atomic E-state index is 0.359. The maximum Gasteiger partial charge on any atom is 0.324 e. The smallest absolute Gasteiger partial charge is 0.324 e. The number of anilines is 2. The predicted octanol–water partition coefficient (Wildman–Crippen LogP) is 3.04. The lowest BCUT2D eigenvalue weighted by atomic mass is 10.2. The number of hydrogen-bond donors (Lipinski definition) is 2. The third-order valence-corrected chi connectivity index (χ3v) is 2.51. The summed E-state index contributed by atoms with van der Waals surface area (Å²) in [4.78, 5) is 15.9. The highest BCUT2D eigenvalue weighted by atomic mass is 16.5. The fraction of sp³-hybridized carbons (Fsp3) is 0.143. The summed E-state index contributed by atoms with van der Waals surface area (Å²) in [6.07, 6.45) is 1.61. The van der Waals surface area contributed by atoms with Gasteiger partial charge in [-0.25, -0.2) is 9.78 Å². The molecule has 0 saturated heterocycles. The summed E-state index contributed by atoms with van der Waals surface area (Å²) in [5, 5.41) is 5.38. The molecule has 98 valence electrons. The molecule has 0 saturated carbocycles. The van der Waals surface area contributed by atoms with Gasteiger partial charge in [0.15, 0.2) is 0 Å². The molecule has 0 radical (unpaired) electrons. The number of nitrogens with one attached hydrogen (secondary N) is 2. The zero-order chi connectivity index (χ0) is 13.7. The number of hydrogen-bond acceptors (Lipinski definition) is 3. The molecule has 0 spiro atoms. The average Bonchev–Trinajstić information content (AvgIpc) is 2.40. The number of benzene rings is 1. The standard InChI is InChI=1S/C14H15N3O2/c1-10-6-7-12(19-2)11(9-10)16-14(18)17-13-5-3-4-8-15-13/h3-9H,1-2H3,(H2,15,16,17,18). The van der Waals surface area contributed by atoms with Crippen molar-refractivity contribution in [3.05, 3.63) is 48.2 Å². The molecule has 0 unspecified atom stereocenters. The number of aromatic nitrogens is 1. The van der Waals surface area contributed by atoms with Crippen LogP contribution in [0.3, 0.4) is 0 Å². The van der Waals surface area contributed by atoms with Gasteiger partial charge in [0.25, 0.3) is 0 Å². The Hall–Kier alpha value is -2.56. The minimum Gasteiger partial charge on any atom is -0.495 e. The Morgan fingerprint density at radius 1 is 1.21 bits per heavy atom.